The molecule has 0 heterocycles. The maximum atomic E-state index is 3.45. The first kappa shape index (κ1) is 14.2. The summed E-state index contributed by atoms with van der Waals surface area (Å²) in [5, 5.41) is 3.86. The van der Waals surface area contributed by atoms with Crippen LogP contribution in [0.2, 0.25) is 5.04 Å². The lowest BCUT2D eigenvalue weighted by atomic mass is 9.62. The summed E-state index contributed by atoms with van der Waals surface area (Å²) in [7, 11) is 3.30. The maximum absolute atomic E-state index is 3.45. The Morgan fingerprint density at radius 2 is 1.21 bits per heavy atom. The Balaban J connectivity index is 5.29. The van der Waals surface area contributed by atoms with Gasteiger partial charge in [-0.25, -0.2) is 0 Å². The van der Waals surface area contributed by atoms with E-state index in [4.69, 9.17) is 0 Å². The molecule has 0 radical (unpaired) electrons. The fraction of sp³-hybridized carbons (Fsp3) is 1.00. The van der Waals surface area contributed by atoms with Gasteiger partial charge in [0.25, 0.3) is 0 Å². The molecule has 0 aromatic carbocycles. The molecule has 86 valence electrons. The molecule has 0 bridgehead atoms. The molecule has 1 atom stereocenters. The van der Waals surface area contributed by atoms with Gasteiger partial charge in [-0.2, -0.15) is 0 Å². The summed E-state index contributed by atoms with van der Waals surface area (Å²) in [6.45, 7) is 16.6. The lowest BCUT2D eigenvalue weighted by Crippen LogP contribution is -2.52. The van der Waals surface area contributed by atoms with Gasteiger partial charge in [-0.3, -0.25) is 0 Å². The first-order chi connectivity index (χ1) is 5.98. The fourth-order valence-electron chi connectivity index (χ4n) is 2.71. The van der Waals surface area contributed by atoms with Crippen molar-refractivity contribution in [2.45, 2.75) is 59.5 Å². The second-order valence-electron chi connectivity index (χ2n) is 6.71. The van der Waals surface area contributed by atoms with Crippen molar-refractivity contribution in [2.24, 2.45) is 10.8 Å². The van der Waals surface area contributed by atoms with Crippen LogP contribution < -0.4 is 5.32 Å². The third-order valence-electron chi connectivity index (χ3n) is 4.42. The minimum atomic E-state index is 0.361. The van der Waals surface area contributed by atoms with Crippen molar-refractivity contribution in [3.63, 3.8) is 0 Å². The summed E-state index contributed by atoms with van der Waals surface area (Å²) in [6, 6.07) is 0.578. The molecule has 0 aliphatic carbocycles. The third kappa shape index (κ3) is 2.22. The van der Waals surface area contributed by atoms with Crippen LogP contribution >= 0.6 is 0 Å². The lowest BCUT2D eigenvalue weighted by Gasteiger charge is -2.55. The summed E-state index contributed by atoms with van der Waals surface area (Å²) in [5.41, 5.74) is 0.722. The van der Waals surface area contributed by atoms with Crippen molar-refractivity contribution >= 4 is 10.2 Å². The largest absolute Gasteiger partial charge is 0.317 e. The van der Waals surface area contributed by atoms with E-state index in [0.717, 1.165) is 0 Å². The highest BCUT2D eigenvalue weighted by atomic mass is 28.1. The van der Waals surface area contributed by atoms with Gasteiger partial charge in [-0.1, -0.05) is 41.5 Å². The van der Waals surface area contributed by atoms with Crippen molar-refractivity contribution in [3.05, 3.63) is 0 Å². The summed E-state index contributed by atoms with van der Waals surface area (Å²) in [6.07, 6.45) is 0. The quantitative estimate of drug-likeness (QED) is 0.697. The average Bonchev–Trinajstić information content (AvgIpc) is 1.97. The number of hydrogen-bond acceptors (Lipinski definition) is 1. The minimum absolute atomic E-state index is 0.361. The van der Waals surface area contributed by atoms with E-state index in [-0.39, 0.29) is 0 Å². The molecule has 0 aromatic heterocycles. The minimum Gasteiger partial charge on any atom is -0.317 e. The second kappa shape index (κ2) is 3.97. The van der Waals surface area contributed by atoms with Crippen molar-refractivity contribution in [2.75, 3.05) is 7.05 Å². The second-order valence-corrected chi connectivity index (χ2v) is 8.29. The normalized spacial score (nSPS) is 17.1. The van der Waals surface area contributed by atoms with Gasteiger partial charge >= 0.3 is 0 Å². The topological polar surface area (TPSA) is 12.0 Å². The molecule has 0 saturated carbocycles. The van der Waals surface area contributed by atoms with Crippen LogP contribution in [0.1, 0.15) is 48.5 Å². The zero-order valence-corrected chi connectivity index (χ0v) is 13.6. The molecule has 0 aliphatic rings. The maximum Gasteiger partial charge on any atom is 0.0140 e. The summed E-state index contributed by atoms with van der Waals surface area (Å²) in [5.74, 6) is 0. The van der Waals surface area contributed by atoms with Gasteiger partial charge in [-0.05, 0) is 29.8 Å². The van der Waals surface area contributed by atoms with E-state index in [2.05, 4.69) is 60.8 Å². The first-order valence-corrected chi connectivity index (χ1v) is 6.65. The van der Waals surface area contributed by atoms with Gasteiger partial charge in [-0.15, -0.1) is 0 Å². The van der Waals surface area contributed by atoms with E-state index in [9.17, 15) is 0 Å². The molecule has 14 heavy (non-hydrogen) atoms. The van der Waals surface area contributed by atoms with Crippen LogP contribution in [0.15, 0.2) is 0 Å². The Morgan fingerprint density at radius 3 is 1.29 bits per heavy atom. The van der Waals surface area contributed by atoms with Crippen LogP contribution in [-0.4, -0.2) is 23.3 Å². The van der Waals surface area contributed by atoms with Crippen LogP contribution in [0.5, 0.6) is 0 Å². The van der Waals surface area contributed by atoms with Gasteiger partial charge in [0.05, 0.1) is 0 Å². The SMILES string of the molecule is CNC(C)C([SiH3])(C(C)(C)C)C(C)(C)C. The van der Waals surface area contributed by atoms with E-state index in [1.807, 2.05) is 0 Å². The average molecular weight is 215 g/mol. The predicted octanol–water partition coefficient (Wildman–Crippen LogP) is 2.21. The molecular weight excluding hydrogens is 186 g/mol. The molecule has 1 N–H and O–H groups in total. The van der Waals surface area contributed by atoms with E-state index < -0.39 is 0 Å². The Hall–Kier alpha value is 0.177. The van der Waals surface area contributed by atoms with Crippen molar-refractivity contribution in [3.8, 4) is 0 Å². The fourth-order valence-corrected chi connectivity index (χ4v) is 3.00. The number of rotatable bonds is 2. The predicted molar refractivity (Wildman–Crippen MR) is 70.1 cm³/mol. The molecule has 0 spiro atoms. The molecule has 0 aromatic rings. The van der Waals surface area contributed by atoms with Crippen molar-refractivity contribution in [1.29, 1.82) is 0 Å². The molecular formula is C12H29NSi. The Bertz CT molecular complexity index is 171. The van der Waals surface area contributed by atoms with Crippen molar-refractivity contribution < 1.29 is 0 Å². The van der Waals surface area contributed by atoms with Crippen LogP contribution in [0, 0.1) is 10.8 Å². The van der Waals surface area contributed by atoms with Gasteiger partial charge in [0, 0.05) is 16.3 Å². The van der Waals surface area contributed by atoms with Crippen LogP contribution in [-0.2, 0) is 0 Å². The zero-order valence-electron chi connectivity index (χ0n) is 11.6. The summed E-state index contributed by atoms with van der Waals surface area (Å²) >= 11 is 0. The van der Waals surface area contributed by atoms with Crippen molar-refractivity contribution in [1.82, 2.24) is 5.32 Å². The summed E-state index contributed by atoms with van der Waals surface area (Å²) in [4.78, 5) is 0. The van der Waals surface area contributed by atoms with Crippen LogP contribution in [0.4, 0.5) is 0 Å². The van der Waals surface area contributed by atoms with Gasteiger partial charge in [0.1, 0.15) is 0 Å². The molecule has 0 amide bonds. The monoisotopic (exact) mass is 215 g/mol. The Labute approximate surface area is 93.5 Å². The van der Waals surface area contributed by atoms with E-state index in [1.165, 1.54) is 10.2 Å². The van der Waals surface area contributed by atoms with Crippen LogP contribution in [0.3, 0.4) is 0 Å². The molecule has 0 fully saturated rings. The van der Waals surface area contributed by atoms with Crippen LogP contribution in [0.25, 0.3) is 0 Å². The highest BCUT2D eigenvalue weighted by Gasteiger charge is 2.49. The standard InChI is InChI=1S/C12H29NSi/c1-9(13-8)12(14,10(2,3)4)11(5,6)7/h9,13H,1-8,14H3. The Kier molecular flexibility index (Phi) is 4.02. The highest BCUT2D eigenvalue weighted by molar-refractivity contribution is 6.17. The molecule has 0 saturated heterocycles. The Morgan fingerprint density at radius 1 is 0.929 bits per heavy atom. The first-order valence-electron chi connectivity index (χ1n) is 5.65. The lowest BCUT2D eigenvalue weighted by molar-refractivity contribution is 0.0914. The van der Waals surface area contributed by atoms with E-state index in [0.29, 0.717) is 21.9 Å². The highest BCUT2D eigenvalue weighted by Crippen LogP contribution is 2.57. The molecule has 1 nitrogen and oxygen atoms in total. The third-order valence-corrected chi connectivity index (χ3v) is 8.28. The number of hydrogen-bond donors (Lipinski definition) is 1. The van der Waals surface area contributed by atoms with E-state index >= 15 is 0 Å². The van der Waals surface area contributed by atoms with E-state index in [1.54, 1.807) is 0 Å². The van der Waals surface area contributed by atoms with Gasteiger partial charge in [0.15, 0.2) is 0 Å². The zero-order chi connectivity index (χ0) is 11.8. The smallest absolute Gasteiger partial charge is 0.0140 e. The molecule has 0 aliphatic heterocycles. The summed E-state index contributed by atoms with van der Waals surface area (Å²) < 4.78 is 0. The van der Waals surface area contributed by atoms with Gasteiger partial charge in [0.2, 0.25) is 0 Å². The molecule has 2 heteroatoms. The molecule has 1 unspecified atom stereocenters. The molecule has 0 rings (SSSR count). The number of nitrogens with one attached hydrogen (secondary N) is 1. The van der Waals surface area contributed by atoms with Gasteiger partial charge < -0.3 is 5.32 Å².